The number of aromatic nitrogens is 1. The molecule has 0 amide bonds. The molecule has 112 valence electrons. The van der Waals surface area contributed by atoms with Gasteiger partial charge in [0.25, 0.3) is 0 Å². The molecule has 4 heteroatoms. The Hall–Kier alpha value is -0.970. The van der Waals surface area contributed by atoms with Gasteiger partial charge in [0.2, 0.25) is 0 Å². The van der Waals surface area contributed by atoms with Gasteiger partial charge >= 0.3 is 0 Å². The third-order valence-corrected chi connectivity index (χ3v) is 3.94. The van der Waals surface area contributed by atoms with E-state index >= 15 is 0 Å². The van der Waals surface area contributed by atoms with Crippen molar-refractivity contribution in [2.45, 2.75) is 45.4 Å². The lowest BCUT2D eigenvalue weighted by Crippen LogP contribution is -2.26. The molecule has 2 rings (SSSR count). The van der Waals surface area contributed by atoms with Crippen molar-refractivity contribution in [2.24, 2.45) is 0 Å². The molecule has 0 radical (unpaired) electrons. The first-order valence-electron chi connectivity index (χ1n) is 7.73. The molecule has 0 bridgehead atoms. The van der Waals surface area contributed by atoms with Crippen molar-refractivity contribution in [2.75, 3.05) is 26.7 Å². The normalized spacial score (nSPS) is 19.6. The van der Waals surface area contributed by atoms with E-state index in [4.69, 9.17) is 4.74 Å². The van der Waals surface area contributed by atoms with E-state index in [1.807, 2.05) is 6.07 Å². The van der Waals surface area contributed by atoms with Crippen molar-refractivity contribution in [3.8, 4) is 0 Å². The minimum Gasteiger partial charge on any atom is -0.375 e. The van der Waals surface area contributed by atoms with Crippen molar-refractivity contribution >= 4 is 0 Å². The van der Waals surface area contributed by atoms with Gasteiger partial charge in [-0.25, -0.2) is 0 Å². The summed E-state index contributed by atoms with van der Waals surface area (Å²) in [5.41, 5.74) is 2.11. The number of nitrogens with zero attached hydrogens (tertiary/aromatic N) is 2. The summed E-state index contributed by atoms with van der Waals surface area (Å²) in [6.45, 7) is 6.59. The molecule has 0 saturated carbocycles. The van der Waals surface area contributed by atoms with E-state index in [9.17, 15) is 0 Å². The van der Waals surface area contributed by atoms with Crippen molar-refractivity contribution in [3.63, 3.8) is 0 Å². The molecule has 0 aromatic carbocycles. The Bertz CT molecular complexity index is 397. The second-order valence-corrected chi connectivity index (χ2v) is 5.52. The highest BCUT2D eigenvalue weighted by Gasteiger charge is 2.19. The summed E-state index contributed by atoms with van der Waals surface area (Å²) in [4.78, 5) is 7.04. The highest BCUT2D eigenvalue weighted by Crippen LogP contribution is 2.17. The lowest BCUT2D eigenvalue weighted by atomic mass is 10.1. The van der Waals surface area contributed by atoms with E-state index in [1.54, 1.807) is 0 Å². The topological polar surface area (TPSA) is 37.4 Å². The van der Waals surface area contributed by atoms with Gasteiger partial charge in [0, 0.05) is 19.2 Å². The zero-order chi connectivity index (χ0) is 14.2. The van der Waals surface area contributed by atoms with Crippen LogP contribution in [0.3, 0.4) is 0 Å². The van der Waals surface area contributed by atoms with E-state index in [-0.39, 0.29) is 0 Å². The van der Waals surface area contributed by atoms with E-state index in [0.717, 1.165) is 37.5 Å². The molecule has 1 aromatic rings. The van der Waals surface area contributed by atoms with Crippen molar-refractivity contribution in [3.05, 3.63) is 29.6 Å². The second-order valence-electron chi connectivity index (χ2n) is 5.52. The summed E-state index contributed by atoms with van der Waals surface area (Å²) < 4.78 is 5.78. The van der Waals surface area contributed by atoms with Crippen LogP contribution in [-0.2, 0) is 17.9 Å². The molecular formula is C16H27N3O. The Balaban J connectivity index is 1.68. The number of likely N-dealkylation sites (tertiary alicyclic amines) is 1. The quantitative estimate of drug-likeness (QED) is 0.739. The number of ether oxygens (including phenoxy) is 1. The summed E-state index contributed by atoms with van der Waals surface area (Å²) in [5.74, 6) is 0. The average Bonchev–Trinajstić information content (AvgIpc) is 2.87. The van der Waals surface area contributed by atoms with Crippen LogP contribution in [0.15, 0.2) is 18.2 Å². The highest BCUT2D eigenvalue weighted by atomic mass is 16.5. The van der Waals surface area contributed by atoms with Crippen LogP contribution in [0.4, 0.5) is 0 Å². The maximum absolute atomic E-state index is 5.78. The van der Waals surface area contributed by atoms with Gasteiger partial charge in [0.15, 0.2) is 0 Å². The van der Waals surface area contributed by atoms with Gasteiger partial charge in [-0.3, -0.25) is 4.98 Å². The molecule has 1 aliphatic heterocycles. The Morgan fingerprint density at radius 2 is 2.25 bits per heavy atom. The van der Waals surface area contributed by atoms with Crippen LogP contribution < -0.4 is 5.32 Å². The van der Waals surface area contributed by atoms with Gasteiger partial charge in [-0.15, -0.1) is 0 Å². The van der Waals surface area contributed by atoms with E-state index in [2.05, 4.69) is 41.3 Å². The zero-order valence-corrected chi connectivity index (χ0v) is 12.8. The first kappa shape index (κ1) is 15.4. The molecule has 2 heterocycles. The molecule has 1 saturated heterocycles. The van der Waals surface area contributed by atoms with Crippen LogP contribution in [0.5, 0.6) is 0 Å². The first-order chi connectivity index (χ1) is 9.79. The van der Waals surface area contributed by atoms with Gasteiger partial charge in [-0.1, -0.05) is 13.0 Å². The van der Waals surface area contributed by atoms with Crippen molar-refractivity contribution in [1.82, 2.24) is 15.2 Å². The van der Waals surface area contributed by atoms with E-state index in [0.29, 0.717) is 12.6 Å². The fraction of sp³-hybridized carbons (Fsp3) is 0.688. The minimum absolute atomic E-state index is 0.621. The lowest BCUT2D eigenvalue weighted by Gasteiger charge is -2.18. The smallest absolute Gasteiger partial charge is 0.0887 e. The van der Waals surface area contributed by atoms with Gasteiger partial charge in [0.05, 0.1) is 18.0 Å². The summed E-state index contributed by atoms with van der Waals surface area (Å²) in [6.07, 6.45) is 3.78. The van der Waals surface area contributed by atoms with E-state index < -0.39 is 0 Å². The van der Waals surface area contributed by atoms with Crippen LogP contribution in [-0.4, -0.2) is 42.7 Å². The standard InChI is InChI=1S/C16H27N3O/c1-3-17-12-14-6-4-7-15(18-14)13-20-11-9-16-8-5-10-19(16)2/h4,6-7,16-17H,3,5,8-13H2,1-2H3. The molecule has 20 heavy (non-hydrogen) atoms. The maximum atomic E-state index is 5.78. The molecule has 4 nitrogen and oxygen atoms in total. The summed E-state index contributed by atoms with van der Waals surface area (Å²) >= 11 is 0. The van der Waals surface area contributed by atoms with Crippen LogP contribution in [0.1, 0.15) is 37.6 Å². The molecule has 1 aromatic heterocycles. The Kier molecular flexibility index (Phi) is 6.43. The number of hydrogen-bond acceptors (Lipinski definition) is 4. The molecule has 1 atom stereocenters. The zero-order valence-electron chi connectivity index (χ0n) is 12.8. The van der Waals surface area contributed by atoms with Crippen molar-refractivity contribution in [1.29, 1.82) is 0 Å². The fourth-order valence-electron chi connectivity index (χ4n) is 2.70. The molecule has 1 unspecified atom stereocenters. The first-order valence-corrected chi connectivity index (χ1v) is 7.73. The number of pyridine rings is 1. The molecular weight excluding hydrogens is 250 g/mol. The van der Waals surface area contributed by atoms with Crippen LogP contribution in [0.2, 0.25) is 0 Å². The SMILES string of the molecule is CCNCc1cccc(COCCC2CCCN2C)n1. The second kappa shape index (κ2) is 8.35. The maximum Gasteiger partial charge on any atom is 0.0887 e. The number of hydrogen-bond donors (Lipinski definition) is 1. The highest BCUT2D eigenvalue weighted by molar-refractivity contribution is 5.10. The number of rotatable bonds is 8. The third kappa shape index (κ3) is 4.85. The average molecular weight is 277 g/mol. The van der Waals surface area contributed by atoms with Gasteiger partial charge in [0.1, 0.15) is 0 Å². The van der Waals surface area contributed by atoms with Gasteiger partial charge in [-0.05, 0) is 51.5 Å². The third-order valence-electron chi connectivity index (χ3n) is 3.94. The summed E-state index contributed by atoms with van der Waals surface area (Å²) in [5, 5.41) is 3.29. The van der Waals surface area contributed by atoms with Crippen LogP contribution in [0, 0.1) is 0 Å². The summed E-state index contributed by atoms with van der Waals surface area (Å²) in [7, 11) is 2.21. The molecule has 0 aliphatic carbocycles. The van der Waals surface area contributed by atoms with Crippen molar-refractivity contribution < 1.29 is 4.74 Å². The molecule has 1 N–H and O–H groups in total. The Morgan fingerprint density at radius 1 is 1.40 bits per heavy atom. The van der Waals surface area contributed by atoms with Crippen LogP contribution >= 0.6 is 0 Å². The Labute approximate surface area is 122 Å². The predicted octanol–water partition coefficient (Wildman–Crippen LogP) is 2.19. The molecule has 1 fully saturated rings. The molecule has 1 aliphatic rings. The summed E-state index contributed by atoms with van der Waals surface area (Å²) in [6, 6.07) is 6.86. The van der Waals surface area contributed by atoms with E-state index in [1.165, 1.54) is 19.4 Å². The number of nitrogens with one attached hydrogen (secondary N) is 1. The molecule has 0 spiro atoms. The fourth-order valence-corrected chi connectivity index (χ4v) is 2.70. The lowest BCUT2D eigenvalue weighted by molar-refractivity contribution is 0.0992. The largest absolute Gasteiger partial charge is 0.375 e. The van der Waals surface area contributed by atoms with Gasteiger partial charge < -0.3 is 15.0 Å². The monoisotopic (exact) mass is 277 g/mol. The predicted molar refractivity (Wildman–Crippen MR) is 81.5 cm³/mol. The van der Waals surface area contributed by atoms with Gasteiger partial charge in [-0.2, -0.15) is 0 Å². The minimum atomic E-state index is 0.621. The Morgan fingerprint density at radius 3 is 3.00 bits per heavy atom. The van der Waals surface area contributed by atoms with Crippen LogP contribution in [0.25, 0.3) is 0 Å².